The van der Waals surface area contributed by atoms with Gasteiger partial charge in [0.2, 0.25) is 11.8 Å². The lowest BCUT2D eigenvalue weighted by Gasteiger charge is -2.40. The Hall–Kier alpha value is -1.14. The quantitative estimate of drug-likeness (QED) is 0.614. The number of methoxy groups -OCH3 is 1. The van der Waals surface area contributed by atoms with Gasteiger partial charge in [0.25, 0.3) is 0 Å². The number of hydrogen-bond acceptors (Lipinski definition) is 4. The first-order chi connectivity index (χ1) is 13.1. The summed E-state index contributed by atoms with van der Waals surface area (Å²) in [6.45, 7) is 12.7. The fraction of sp³-hybridized carbons (Fsp3) is 0.909. The van der Waals surface area contributed by atoms with E-state index in [1.807, 2.05) is 14.0 Å². The van der Waals surface area contributed by atoms with E-state index in [0.29, 0.717) is 6.54 Å². The second-order valence-corrected chi connectivity index (χ2v) is 8.87. The van der Waals surface area contributed by atoms with Crippen molar-refractivity contribution in [2.75, 3.05) is 20.7 Å². The molecule has 6 atom stereocenters. The van der Waals surface area contributed by atoms with Crippen molar-refractivity contribution in [3.63, 3.8) is 0 Å². The molecule has 0 radical (unpaired) electrons. The van der Waals surface area contributed by atoms with E-state index < -0.39 is 6.10 Å². The van der Waals surface area contributed by atoms with Crippen LogP contribution >= 0.6 is 0 Å². The first-order valence-corrected chi connectivity index (χ1v) is 10.8. The van der Waals surface area contributed by atoms with E-state index in [-0.39, 0.29) is 54.2 Å². The Balaban J connectivity index is 3.00. The van der Waals surface area contributed by atoms with E-state index in [1.54, 1.807) is 23.8 Å². The standard InChI is InChI=1S/C22H42N2O4/c1-9-15(4)21(23(7)22(27)16(5)14(2)3)19(28-8)13-20(26)24-12-10-11-18(24)17(6)25/h14-19,21,25H,9-13H2,1-8H3/t15-,16-,17+,18-,19+,21-/m0/s1. The van der Waals surface area contributed by atoms with E-state index in [4.69, 9.17) is 4.74 Å². The number of amides is 2. The van der Waals surface area contributed by atoms with Crippen molar-refractivity contribution in [2.24, 2.45) is 17.8 Å². The van der Waals surface area contributed by atoms with Crippen molar-refractivity contribution in [2.45, 2.75) is 91.5 Å². The second kappa shape index (κ2) is 11.1. The van der Waals surface area contributed by atoms with Crippen molar-refractivity contribution >= 4 is 11.8 Å². The topological polar surface area (TPSA) is 70.1 Å². The zero-order chi connectivity index (χ0) is 21.6. The molecule has 0 aromatic heterocycles. The Morgan fingerprint density at radius 3 is 2.29 bits per heavy atom. The van der Waals surface area contributed by atoms with E-state index >= 15 is 0 Å². The van der Waals surface area contributed by atoms with Gasteiger partial charge >= 0.3 is 0 Å². The average Bonchev–Trinajstić information content (AvgIpc) is 3.15. The molecule has 0 spiro atoms. The fourth-order valence-electron chi connectivity index (χ4n) is 4.23. The molecule has 0 aliphatic carbocycles. The molecule has 1 aliphatic heterocycles. The number of likely N-dealkylation sites (N-methyl/N-ethyl adjacent to an activating group) is 1. The van der Waals surface area contributed by atoms with Gasteiger partial charge in [0.1, 0.15) is 0 Å². The van der Waals surface area contributed by atoms with Crippen molar-refractivity contribution in [3.05, 3.63) is 0 Å². The molecule has 1 heterocycles. The Bertz CT molecular complexity index is 509. The molecule has 6 heteroatoms. The summed E-state index contributed by atoms with van der Waals surface area (Å²) in [4.78, 5) is 29.6. The lowest BCUT2D eigenvalue weighted by molar-refractivity contribution is -0.146. The van der Waals surface area contributed by atoms with Gasteiger partial charge in [-0.1, -0.05) is 41.0 Å². The SMILES string of the molecule is CC[C@H](C)[C@@H]([C@@H](CC(=O)N1CCC[C@H]1[C@@H](C)O)OC)N(C)C(=O)[C@@H](C)C(C)C. The summed E-state index contributed by atoms with van der Waals surface area (Å²) in [6.07, 6.45) is 1.97. The van der Waals surface area contributed by atoms with Crippen molar-refractivity contribution < 1.29 is 19.4 Å². The monoisotopic (exact) mass is 398 g/mol. The summed E-state index contributed by atoms with van der Waals surface area (Å²) in [5, 5.41) is 9.99. The van der Waals surface area contributed by atoms with Gasteiger partial charge in [0, 0.05) is 26.6 Å². The summed E-state index contributed by atoms with van der Waals surface area (Å²) in [5.41, 5.74) is 0. The minimum absolute atomic E-state index is 0.00121. The number of ether oxygens (including phenoxy) is 1. The number of rotatable bonds is 10. The lowest BCUT2D eigenvalue weighted by atomic mass is 9.88. The molecule has 0 aromatic rings. The van der Waals surface area contributed by atoms with E-state index in [1.165, 1.54) is 0 Å². The summed E-state index contributed by atoms with van der Waals surface area (Å²) in [6, 6.07) is -0.285. The molecule has 0 unspecified atom stereocenters. The summed E-state index contributed by atoms with van der Waals surface area (Å²) in [7, 11) is 3.46. The van der Waals surface area contributed by atoms with E-state index in [2.05, 4.69) is 27.7 Å². The van der Waals surface area contributed by atoms with Gasteiger partial charge in [-0.3, -0.25) is 9.59 Å². The van der Waals surface area contributed by atoms with Crippen LogP contribution in [0.25, 0.3) is 0 Å². The van der Waals surface area contributed by atoms with Gasteiger partial charge in [0.15, 0.2) is 0 Å². The third-order valence-electron chi connectivity index (χ3n) is 6.65. The number of nitrogens with zero attached hydrogens (tertiary/aromatic N) is 2. The van der Waals surface area contributed by atoms with Gasteiger partial charge in [-0.15, -0.1) is 0 Å². The maximum Gasteiger partial charge on any atom is 0.225 e. The first kappa shape index (κ1) is 24.9. The summed E-state index contributed by atoms with van der Waals surface area (Å²) < 4.78 is 5.77. The third-order valence-corrected chi connectivity index (χ3v) is 6.65. The molecule has 6 nitrogen and oxygen atoms in total. The van der Waals surface area contributed by atoms with Gasteiger partial charge in [-0.05, 0) is 31.6 Å². The molecule has 0 bridgehead atoms. The molecule has 1 aliphatic rings. The van der Waals surface area contributed by atoms with Crippen LogP contribution in [0.3, 0.4) is 0 Å². The minimum Gasteiger partial charge on any atom is -0.391 e. The van der Waals surface area contributed by atoms with Crippen LogP contribution in [0.4, 0.5) is 0 Å². The van der Waals surface area contributed by atoms with Gasteiger partial charge < -0.3 is 19.6 Å². The molecule has 0 saturated carbocycles. The predicted molar refractivity (Wildman–Crippen MR) is 112 cm³/mol. The maximum atomic E-state index is 13.0. The van der Waals surface area contributed by atoms with E-state index in [0.717, 1.165) is 19.3 Å². The Labute approximate surface area is 171 Å². The van der Waals surface area contributed by atoms with Gasteiger partial charge in [-0.2, -0.15) is 0 Å². The van der Waals surface area contributed by atoms with Crippen LogP contribution in [-0.4, -0.2) is 71.7 Å². The molecular formula is C22H42N2O4. The third kappa shape index (κ3) is 5.93. The Morgan fingerprint density at radius 2 is 1.82 bits per heavy atom. The maximum absolute atomic E-state index is 13.0. The molecule has 0 aromatic carbocycles. The Kier molecular flexibility index (Phi) is 9.91. The van der Waals surface area contributed by atoms with Crippen LogP contribution in [0.1, 0.15) is 67.2 Å². The second-order valence-electron chi connectivity index (χ2n) is 8.87. The average molecular weight is 399 g/mol. The molecule has 1 fully saturated rings. The largest absolute Gasteiger partial charge is 0.391 e. The first-order valence-electron chi connectivity index (χ1n) is 10.8. The highest BCUT2D eigenvalue weighted by Gasteiger charge is 2.38. The van der Waals surface area contributed by atoms with Crippen molar-refractivity contribution in [3.8, 4) is 0 Å². The van der Waals surface area contributed by atoms with Crippen LogP contribution in [-0.2, 0) is 14.3 Å². The zero-order valence-corrected chi connectivity index (χ0v) is 19.1. The van der Waals surface area contributed by atoms with Crippen LogP contribution in [0, 0.1) is 17.8 Å². The molecule has 2 amide bonds. The molecule has 1 rings (SSSR count). The number of carbonyl (C=O) groups is 2. The van der Waals surface area contributed by atoms with Crippen molar-refractivity contribution in [1.82, 2.24) is 9.80 Å². The molecule has 1 N–H and O–H groups in total. The van der Waals surface area contributed by atoms with Gasteiger partial charge in [-0.25, -0.2) is 0 Å². The molecular weight excluding hydrogens is 356 g/mol. The number of aliphatic hydroxyl groups is 1. The summed E-state index contributed by atoms with van der Waals surface area (Å²) >= 11 is 0. The number of carbonyl (C=O) groups excluding carboxylic acids is 2. The highest BCUT2D eigenvalue weighted by molar-refractivity contribution is 5.80. The van der Waals surface area contributed by atoms with E-state index in [9.17, 15) is 14.7 Å². The fourth-order valence-corrected chi connectivity index (χ4v) is 4.23. The number of aliphatic hydroxyl groups excluding tert-OH is 1. The number of likely N-dealkylation sites (tertiary alicyclic amines) is 1. The van der Waals surface area contributed by atoms with Crippen LogP contribution in [0.5, 0.6) is 0 Å². The minimum atomic E-state index is -0.533. The Morgan fingerprint density at radius 1 is 1.21 bits per heavy atom. The molecule has 164 valence electrons. The molecule has 28 heavy (non-hydrogen) atoms. The van der Waals surface area contributed by atoms with Crippen LogP contribution in [0.2, 0.25) is 0 Å². The highest BCUT2D eigenvalue weighted by Crippen LogP contribution is 2.27. The zero-order valence-electron chi connectivity index (χ0n) is 19.1. The normalized spacial score (nSPS) is 22.6. The van der Waals surface area contributed by atoms with Crippen LogP contribution in [0.15, 0.2) is 0 Å². The smallest absolute Gasteiger partial charge is 0.225 e. The van der Waals surface area contributed by atoms with Gasteiger partial charge in [0.05, 0.1) is 30.7 Å². The molecule has 1 saturated heterocycles. The highest BCUT2D eigenvalue weighted by atomic mass is 16.5. The summed E-state index contributed by atoms with van der Waals surface area (Å²) in [5.74, 6) is 0.478. The predicted octanol–water partition coefficient (Wildman–Crippen LogP) is 2.93. The van der Waals surface area contributed by atoms with Crippen molar-refractivity contribution in [1.29, 1.82) is 0 Å². The van der Waals surface area contributed by atoms with Crippen LogP contribution < -0.4 is 0 Å². The lowest BCUT2D eigenvalue weighted by Crippen LogP contribution is -2.53. The number of hydrogen-bond donors (Lipinski definition) is 1.